The molecule has 0 unspecified atom stereocenters. The molecule has 184 valence electrons. The summed E-state index contributed by atoms with van der Waals surface area (Å²) < 4.78 is 10.9. The van der Waals surface area contributed by atoms with Crippen molar-refractivity contribution in [2.75, 3.05) is 13.7 Å². The lowest BCUT2D eigenvalue weighted by Gasteiger charge is -2.31. The smallest absolute Gasteiger partial charge is 0.242 e. The number of ether oxygens (including phenoxy) is 2. The van der Waals surface area contributed by atoms with E-state index in [1.165, 1.54) is 6.42 Å². The minimum atomic E-state index is -0.530. The molecule has 0 aliphatic heterocycles. The molecule has 1 saturated carbocycles. The lowest BCUT2D eigenvalue weighted by molar-refractivity contribution is -0.141. The van der Waals surface area contributed by atoms with Crippen molar-refractivity contribution in [3.05, 3.63) is 59.7 Å². The topological polar surface area (TPSA) is 67.9 Å². The molecule has 0 bridgehead atoms. The van der Waals surface area contributed by atoms with Gasteiger partial charge >= 0.3 is 0 Å². The molecule has 1 atom stereocenters. The second-order valence-electron chi connectivity index (χ2n) is 9.16. The number of carbonyl (C=O) groups is 2. The minimum absolute atomic E-state index is 0.0360. The largest absolute Gasteiger partial charge is 0.497 e. The van der Waals surface area contributed by atoms with Gasteiger partial charge in [0.05, 0.1) is 13.7 Å². The molecule has 34 heavy (non-hydrogen) atoms. The lowest BCUT2D eigenvalue weighted by Crippen LogP contribution is -2.50. The van der Waals surface area contributed by atoms with Crippen LogP contribution in [0.15, 0.2) is 48.5 Å². The number of rotatable bonds is 11. The number of benzene rings is 2. The highest BCUT2D eigenvalue weighted by molar-refractivity contribution is 5.87. The van der Waals surface area contributed by atoms with Crippen LogP contribution < -0.4 is 14.8 Å². The van der Waals surface area contributed by atoms with Crippen molar-refractivity contribution >= 4 is 11.8 Å². The summed E-state index contributed by atoms with van der Waals surface area (Å²) in [5, 5.41) is 3.18. The fourth-order valence-electron chi connectivity index (χ4n) is 4.39. The van der Waals surface area contributed by atoms with Gasteiger partial charge < -0.3 is 19.7 Å². The van der Waals surface area contributed by atoms with Crippen molar-refractivity contribution in [2.45, 2.75) is 77.4 Å². The summed E-state index contributed by atoms with van der Waals surface area (Å²) >= 11 is 0. The first-order chi connectivity index (χ1) is 16.5. The van der Waals surface area contributed by atoms with E-state index in [-0.39, 0.29) is 17.9 Å². The van der Waals surface area contributed by atoms with Crippen LogP contribution >= 0.6 is 0 Å². The Labute approximate surface area is 203 Å². The maximum Gasteiger partial charge on any atom is 0.242 e. The van der Waals surface area contributed by atoms with Gasteiger partial charge in [-0.3, -0.25) is 9.59 Å². The van der Waals surface area contributed by atoms with Crippen molar-refractivity contribution in [2.24, 2.45) is 0 Å². The molecule has 3 rings (SSSR count). The monoisotopic (exact) mass is 466 g/mol. The van der Waals surface area contributed by atoms with E-state index in [2.05, 4.69) is 11.4 Å². The van der Waals surface area contributed by atoms with Crippen LogP contribution in [0.1, 0.15) is 63.0 Å². The molecule has 0 aromatic heterocycles. The van der Waals surface area contributed by atoms with E-state index in [1.807, 2.05) is 56.3 Å². The molecule has 0 heterocycles. The van der Waals surface area contributed by atoms with E-state index in [9.17, 15) is 9.59 Å². The number of nitrogens with zero attached hydrogens (tertiary/aromatic N) is 1. The van der Waals surface area contributed by atoms with Crippen molar-refractivity contribution in [3.63, 3.8) is 0 Å². The second-order valence-corrected chi connectivity index (χ2v) is 9.16. The molecule has 1 aliphatic rings. The van der Waals surface area contributed by atoms with Crippen LogP contribution in [0, 0.1) is 6.92 Å². The molecule has 2 aromatic rings. The summed E-state index contributed by atoms with van der Waals surface area (Å²) in [5.41, 5.74) is 2.16. The number of nitrogens with one attached hydrogen (secondary N) is 1. The van der Waals surface area contributed by atoms with Crippen LogP contribution in [0.3, 0.4) is 0 Å². The molecule has 2 amide bonds. The van der Waals surface area contributed by atoms with E-state index in [1.54, 1.807) is 12.0 Å². The number of amides is 2. The summed E-state index contributed by atoms with van der Waals surface area (Å²) in [6.45, 7) is 4.71. The molecule has 1 fully saturated rings. The zero-order valence-electron chi connectivity index (χ0n) is 20.7. The Balaban J connectivity index is 1.58. The zero-order chi connectivity index (χ0) is 24.3. The predicted molar refractivity (Wildman–Crippen MR) is 134 cm³/mol. The maximum atomic E-state index is 13.2. The third kappa shape index (κ3) is 7.79. The molecule has 1 N–H and O–H groups in total. The van der Waals surface area contributed by atoms with Crippen LogP contribution in [0.25, 0.3) is 0 Å². The molecule has 0 radical (unpaired) electrons. The molecular weight excluding hydrogens is 428 g/mol. The van der Waals surface area contributed by atoms with Gasteiger partial charge in [0.15, 0.2) is 0 Å². The SMILES string of the molecule is COc1ccc(OCCCC(=O)N(Cc2cccc(C)c2)[C@@H](C)C(=O)NC2CCCCC2)cc1. The van der Waals surface area contributed by atoms with Crippen LogP contribution in [0.2, 0.25) is 0 Å². The van der Waals surface area contributed by atoms with Gasteiger partial charge in [-0.1, -0.05) is 49.1 Å². The first kappa shape index (κ1) is 25.6. The standard InChI is InChI=1S/C28H38N2O4/c1-21-9-7-10-23(19-21)20-30(22(2)28(32)29-24-11-5-4-6-12-24)27(31)13-8-18-34-26-16-14-25(33-3)15-17-26/h7,9-10,14-17,19,22,24H,4-6,8,11-13,18,20H2,1-3H3,(H,29,32)/t22-/m0/s1. The van der Waals surface area contributed by atoms with E-state index < -0.39 is 6.04 Å². The van der Waals surface area contributed by atoms with E-state index >= 15 is 0 Å². The average molecular weight is 467 g/mol. The quantitative estimate of drug-likeness (QED) is 0.472. The predicted octanol–water partition coefficient (Wildman–Crippen LogP) is 5.03. The number of hydrogen-bond donors (Lipinski definition) is 1. The zero-order valence-corrected chi connectivity index (χ0v) is 20.7. The van der Waals surface area contributed by atoms with E-state index in [4.69, 9.17) is 9.47 Å². The van der Waals surface area contributed by atoms with Crippen LogP contribution in [0.5, 0.6) is 11.5 Å². The Morgan fingerprint density at radius 1 is 1.06 bits per heavy atom. The number of carbonyl (C=O) groups excluding carboxylic acids is 2. The molecule has 0 spiro atoms. The third-order valence-electron chi connectivity index (χ3n) is 6.42. The number of aryl methyl sites for hydroxylation is 1. The summed E-state index contributed by atoms with van der Waals surface area (Å²) in [6.07, 6.45) is 6.48. The Morgan fingerprint density at radius 3 is 2.44 bits per heavy atom. The first-order valence-corrected chi connectivity index (χ1v) is 12.4. The van der Waals surface area contributed by atoms with Crippen LogP contribution in [-0.4, -0.2) is 42.5 Å². The molecule has 2 aromatic carbocycles. The fourth-order valence-corrected chi connectivity index (χ4v) is 4.39. The minimum Gasteiger partial charge on any atom is -0.497 e. The van der Waals surface area contributed by atoms with Gasteiger partial charge in [0.2, 0.25) is 11.8 Å². The second kappa shape index (κ2) is 13.0. The Hall–Kier alpha value is -3.02. The molecule has 0 saturated heterocycles. The van der Waals surface area contributed by atoms with Gasteiger partial charge in [-0.2, -0.15) is 0 Å². The van der Waals surface area contributed by atoms with E-state index in [0.29, 0.717) is 26.0 Å². The first-order valence-electron chi connectivity index (χ1n) is 12.4. The lowest BCUT2D eigenvalue weighted by atomic mass is 9.95. The summed E-state index contributed by atoms with van der Waals surface area (Å²) in [4.78, 5) is 28.0. The Bertz CT molecular complexity index is 922. The van der Waals surface area contributed by atoms with Crippen molar-refractivity contribution < 1.29 is 19.1 Å². The fraction of sp³-hybridized carbons (Fsp3) is 0.500. The third-order valence-corrected chi connectivity index (χ3v) is 6.42. The summed E-state index contributed by atoms with van der Waals surface area (Å²) in [6, 6.07) is 15.2. The van der Waals surface area contributed by atoms with Gasteiger partial charge in [-0.25, -0.2) is 0 Å². The Morgan fingerprint density at radius 2 is 1.76 bits per heavy atom. The van der Waals surface area contributed by atoms with Gasteiger partial charge in [-0.15, -0.1) is 0 Å². The van der Waals surface area contributed by atoms with Gasteiger partial charge in [0.25, 0.3) is 0 Å². The van der Waals surface area contributed by atoms with Crippen molar-refractivity contribution in [1.29, 1.82) is 0 Å². The summed E-state index contributed by atoms with van der Waals surface area (Å²) in [5.74, 6) is 1.41. The van der Waals surface area contributed by atoms with Crippen molar-refractivity contribution in [1.82, 2.24) is 10.2 Å². The van der Waals surface area contributed by atoms with Gasteiger partial charge in [0, 0.05) is 19.0 Å². The maximum absolute atomic E-state index is 13.2. The van der Waals surface area contributed by atoms with Crippen LogP contribution in [0.4, 0.5) is 0 Å². The molecule has 1 aliphatic carbocycles. The molecular formula is C28H38N2O4. The van der Waals surface area contributed by atoms with Crippen molar-refractivity contribution in [3.8, 4) is 11.5 Å². The average Bonchev–Trinajstić information content (AvgIpc) is 2.85. The molecule has 6 heteroatoms. The number of hydrogen-bond acceptors (Lipinski definition) is 4. The summed E-state index contributed by atoms with van der Waals surface area (Å²) in [7, 11) is 1.63. The number of methoxy groups -OCH3 is 1. The highest BCUT2D eigenvalue weighted by atomic mass is 16.5. The van der Waals surface area contributed by atoms with Gasteiger partial charge in [0.1, 0.15) is 17.5 Å². The highest BCUT2D eigenvalue weighted by Crippen LogP contribution is 2.20. The Kier molecular flexibility index (Phi) is 9.80. The highest BCUT2D eigenvalue weighted by Gasteiger charge is 2.27. The normalized spacial score (nSPS) is 14.8. The van der Waals surface area contributed by atoms with Crippen LogP contribution in [-0.2, 0) is 16.1 Å². The molecule has 6 nitrogen and oxygen atoms in total. The van der Waals surface area contributed by atoms with Gasteiger partial charge in [-0.05, 0) is 62.9 Å². The van der Waals surface area contributed by atoms with E-state index in [0.717, 1.165) is 48.3 Å².